The molecule has 1 amide bonds. The predicted octanol–water partition coefficient (Wildman–Crippen LogP) is 2.50. The topological polar surface area (TPSA) is 70.7 Å². The van der Waals surface area contributed by atoms with Crippen molar-refractivity contribution in [2.45, 2.75) is 64.5 Å². The molecule has 0 unspecified atom stereocenters. The van der Waals surface area contributed by atoms with Crippen LogP contribution in [0.15, 0.2) is 12.3 Å². The van der Waals surface area contributed by atoms with E-state index < -0.39 is 0 Å². The smallest absolute Gasteiger partial charge is 0.257 e. The third-order valence-electron chi connectivity index (χ3n) is 6.00. The summed E-state index contributed by atoms with van der Waals surface area (Å²) in [4.78, 5) is 19.9. The number of likely N-dealkylation sites (tertiary alicyclic amines) is 1. The molecule has 2 aromatic rings. The Balaban J connectivity index is 1.68. The number of aliphatic hydroxyl groups is 1. The van der Waals surface area contributed by atoms with E-state index in [1.807, 2.05) is 24.8 Å². The molecule has 2 fully saturated rings. The summed E-state index contributed by atoms with van der Waals surface area (Å²) in [5, 5.41) is 14.8. The van der Waals surface area contributed by atoms with Crippen LogP contribution in [0.3, 0.4) is 0 Å². The van der Waals surface area contributed by atoms with E-state index in [2.05, 4.69) is 10.1 Å². The Hall–Kier alpha value is -1.95. The Kier molecular flexibility index (Phi) is 4.23. The van der Waals surface area contributed by atoms with Gasteiger partial charge in [0.15, 0.2) is 5.65 Å². The third kappa shape index (κ3) is 2.72. The van der Waals surface area contributed by atoms with E-state index in [1.54, 1.807) is 10.7 Å². The molecule has 134 valence electrons. The lowest BCUT2D eigenvalue weighted by molar-refractivity contribution is 0.0210. The summed E-state index contributed by atoms with van der Waals surface area (Å²) in [6.07, 6.45) is 7.56. The van der Waals surface area contributed by atoms with E-state index in [0.717, 1.165) is 62.1 Å². The fourth-order valence-corrected chi connectivity index (χ4v) is 4.77. The number of carbonyl (C=O) groups excluding carboxylic acids is 1. The van der Waals surface area contributed by atoms with Crippen molar-refractivity contribution in [1.82, 2.24) is 19.5 Å². The van der Waals surface area contributed by atoms with Crippen LogP contribution in [-0.2, 0) is 0 Å². The van der Waals surface area contributed by atoms with Crippen LogP contribution in [0.4, 0.5) is 0 Å². The first kappa shape index (κ1) is 16.5. The standard InChI is InChI=1S/C19H26N4O2/c1-12-18(13(2)23-17(21-12)9-10-20-23)19(25)22-11-5-7-15(22)14-6-3-4-8-16(14)24/h9-10,14-16,24H,3-8,11H2,1-2H3/t14-,15+,16+/m0/s1. The van der Waals surface area contributed by atoms with Gasteiger partial charge in [-0.2, -0.15) is 5.10 Å². The predicted molar refractivity (Wildman–Crippen MR) is 94.5 cm³/mol. The number of nitrogens with zero attached hydrogens (tertiary/aromatic N) is 4. The van der Waals surface area contributed by atoms with Crippen LogP contribution in [0.2, 0.25) is 0 Å². The van der Waals surface area contributed by atoms with Gasteiger partial charge in [-0.3, -0.25) is 4.79 Å². The minimum absolute atomic E-state index is 0.0418. The minimum Gasteiger partial charge on any atom is -0.393 e. The fraction of sp³-hybridized carbons (Fsp3) is 0.632. The monoisotopic (exact) mass is 342 g/mol. The maximum absolute atomic E-state index is 13.4. The number of aryl methyl sites for hydroxylation is 2. The molecular weight excluding hydrogens is 316 g/mol. The second-order valence-corrected chi connectivity index (χ2v) is 7.48. The molecule has 2 aliphatic rings. The lowest BCUT2D eigenvalue weighted by atomic mass is 9.80. The summed E-state index contributed by atoms with van der Waals surface area (Å²) in [5.74, 6) is 0.252. The van der Waals surface area contributed by atoms with Crippen LogP contribution in [0.1, 0.15) is 60.3 Å². The summed E-state index contributed by atoms with van der Waals surface area (Å²) >= 11 is 0. The summed E-state index contributed by atoms with van der Waals surface area (Å²) < 4.78 is 1.74. The largest absolute Gasteiger partial charge is 0.393 e. The van der Waals surface area contributed by atoms with Crippen molar-refractivity contribution in [2.75, 3.05) is 6.54 Å². The zero-order valence-corrected chi connectivity index (χ0v) is 15.0. The Bertz CT molecular complexity index is 800. The van der Waals surface area contributed by atoms with Crippen molar-refractivity contribution in [3.8, 4) is 0 Å². The maximum atomic E-state index is 13.4. The quantitative estimate of drug-likeness (QED) is 0.910. The molecule has 1 saturated carbocycles. The SMILES string of the molecule is Cc1nc2ccnn2c(C)c1C(=O)N1CCC[C@@H]1[C@@H]1CCCC[C@H]1O. The number of amides is 1. The van der Waals surface area contributed by atoms with Crippen molar-refractivity contribution in [1.29, 1.82) is 0 Å². The van der Waals surface area contributed by atoms with Crippen molar-refractivity contribution in [3.05, 3.63) is 29.2 Å². The van der Waals surface area contributed by atoms with Crippen LogP contribution in [0.5, 0.6) is 0 Å². The Morgan fingerprint density at radius 3 is 2.80 bits per heavy atom. The maximum Gasteiger partial charge on any atom is 0.257 e. The molecule has 3 atom stereocenters. The number of fused-ring (bicyclic) bond motifs is 1. The molecule has 0 radical (unpaired) electrons. The first-order valence-corrected chi connectivity index (χ1v) is 9.38. The highest BCUT2D eigenvalue weighted by Crippen LogP contribution is 2.35. The Morgan fingerprint density at radius 1 is 1.20 bits per heavy atom. The van der Waals surface area contributed by atoms with Crippen LogP contribution in [0, 0.1) is 19.8 Å². The molecule has 1 N–H and O–H groups in total. The first-order chi connectivity index (χ1) is 12.1. The molecule has 3 heterocycles. The van der Waals surface area contributed by atoms with Crippen LogP contribution >= 0.6 is 0 Å². The molecule has 6 nitrogen and oxygen atoms in total. The van der Waals surface area contributed by atoms with E-state index in [0.29, 0.717) is 5.56 Å². The summed E-state index contributed by atoms with van der Waals surface area (Å²) in [6.45, 7) is 4.60. The molecule has 0 bridgehead atoms. The van der Waals surface area contributed by atoms with Crippen molar-refractivity contribution in [3.63, 3.8) is 0 Å². The van der Waals surface area contributed by atoms with Crippen LogP contribution in [0.25, 0.3) is 5.65 Å². The van der Waals surface area contributed by atoms with E-state index in [-0.39, 0.29) is 24.0 Å². The first-order valence-electron chi connectivity index (χ1n) is 9.38. The van der Waals surface area contributed by atoms with Gasteiger partial charge in [-0.05, 0) is 39.5 Å². The van der Waals surface area contributed by atoms with Crippen LogP contribution < -0.4 is 0 Å². The average molecular weight is 342 g/mol. The normalized spacial score (nSPS) is 27.2. The molecule has 6 heteroatoms. The number of aliphatic hydroxyl groups excluding tert-OH is 1. The summed E-state index contributed by atoms with van der Waals surface area (Å²) in [5.41, 5.74) is 3.03. The summed E-state index contributed by atoms with van der Waals surface area (Å²) in [7, 11) is 0. The van der Waals surface area contributed by atoms with E-state index >= 15 is 0 Å². The van der Waals surface area contributed by atoms with Gasteiger partial charge in [0, 0.05) is 24.6 Å². The molecule has 1 saturated heterocycles. The lowest BCUT2D eigenvalue weighted by Gasteiger charge is -2.37. The number of carbonyl (C=O) groups is 1. The van der Waals surface area contributed by atoms with Gasteiger partial charge in [-0.1, -0.05) is 12.8 Å². The van der Waals surface area contributed by atoms with Gasteiger partial charge < -0.3 is 10.0 Å². The molecule has 2 aromatic heterocycles. The second-order valence-electron chi connectivity index (χ2n) is 7.48. The number of rotatable bonds is 2. The van der Waals surface area contributed by atoms with Gasteiger partial charge in [-0.25, -0.2) is 9.50 Å². The van der Waals surface area contributed by atoms with Gasteiger partial charge in [0.2, 0.25) is 0 Å². The third-order valence-corrected chi connectivity index (χ3v) is 6.00. The molecule has 25 heavy (non-hydrogen) atoms. The molecule has 1 aliphatic carbocycles. The van der Waals surface area contributed by atoms with Crippen molar-refractivity contribution in [2.24, 2.45) is 5.92 Å². The fourth-order valence-electron chi connectivity index (χ4n) is 4.77. The van der Waals surface area contributed by atoms with Crippen LogP contribution in [-0.4, -0.2) is 49.2 Å². The van der Waals surface area contributed by atoms with Gasteiger partial charge in [0.05, 0.1) is 29.3 Å². The van der Waals surface area contributed by atoms with Gasteiger partial charge in [0.1, 0.15) is 0 Å². The highest BCUT2D eigenvalue weighted by Gasteiger charge is 2.40. The van der Waals surface area contributed by atoms with E-state index in [4.69, 9.17) is 0 Å². The molecule has 4 rings (SSSR count). The Morgan fingerprint density at radius 2 is 2.00 bits per heavy atom. The molecule has 0 spiro atoms. The van der Waals surface area contributed by atoms with E-state index in [1.165, 1.54) is 0 Å². The van der Waals surface area contributed by atoms with Crippen molar-refractivity contribution >= 4 is 11.6 Å². The second kappa shape index (κ2) is 6.41. The van der Waals surface area contributed by atoms with Gasteiger partial charge >= 0.3 is 0 Å². The zero-order chi connectivity index (χ0) is 17.6. The minimum atomic E-state index is -0.277. The lowest BCUT2D eigenvalue weighted by Crippen LogP contribution is -2.45. The number of aromatic nitrogens is 3. The zero-order valence-electron chi connectivity index (χ0n) is 15.0. The number of hydrogen-bond donors (Lipinski definition) is 1. The van der Waals surface area contributed by atoms with Gasteiger partial charge in [-0.15, -0.1) is 0 Å². The highest BCUT2D eigenvalue weighted by molar-refractivity contribution is 5.97. The summed E-state index contributed by atoms with van der Waals surface area (Å²) in [6, 6.07) is 2.00. The van der Waals surface area contributed by atoms with Crippen molar-refractivity contribution < 1.29 is 9.90 Å². The molecule has 1 aliphatic heterocycles. The highest BCUT2D eigenvalue weighted by atomic mass is 16.3. The Labute approximate surface area is 147 Å². The molecule has 0 aromatic carbocycles. The average Bonchev–Trinajstić information content (AvgIpc) is 3.24. The molecular formula is C19H26N4O2. The van der Waals surface area contributed by atoms with Gasteiger partial charge in [0.25, 0.3) is 5.91 Å². The number of hydrogen-bond acceptors (Lipinski definition) is 4. The van der Waals surface area contributed by atoms with E-state index in [9.17, 15) is 9.90 Å².